The van der Waals surface area contributed by atoms with E-state index in [4.69, 9.17) is 0 Å². The van der Waals surface area contributed by atoms with Crippen LogP contribution in [-0.2, 0) is 0 Å². The number of rotatable bonds is 2. The van der Waals surface area contributed by atoms with Crippen LogP contribution >= 0.6 is 15.9 Å². The van der Waals surface area contributed by atoms with Crippen LogP contribution in [0.2, 0.25) is 0 Å². The van der Waals surface area contributed by atoms with E-state index in [9.17, 15) is 18.9 Å². The first kappa shape index (κ1) is 13.2. The Hall–Kier alpha value is -1.24. The zero-order valence-corrected chi connectivity index (χ0v) is 11.0. The lowest BCUT2D eigenvalue weighted by Gasteiger charge is -2.33. The van der Waals surface area contributed by atoms with Gasteiger partial charge in [0.15, 0.2) is 0 Å². The molecule has 1 aromatic rings. The van der Waals surface area contributed by atoms with E-state index in [0.717, 1.165) is 0 Å². The van der Waals surface area contributed by atoms with Gasteiger partial charge in [0.25, 0.3) is 11.6 Å². The van der Waals surface area contributed by atoms with Crippen LogP contribution in [0.4, 0.5) is 20.2 Å². The average Bonchev–Trinajstić information content (AvgIpc) is 2.27. The quantitative estimate of drug-likeness (QED) is 0.618. The molecule has 98 valence electrons. The van der Waals surface area contributed by atoms with E-state index < -0.39 is 17.4 Å². The van der Waals surface area contributed by atoms with Gasteiger partial charge >= 0.3 is 0 Å². The number of nitro groups is 1. The second-order valence-electron chi connectivity index (χ2n) is 4.27. The third-order valence-corrected chi connectivity index (χ3v) is 3.36. The summed E-state index contributed by atoms with van der Waals surface area (Å²) in [6.07, 6.45) is 0.175. The minimum Gasteiger partial charge on any atom is -0.360 e. The van der Waals surface area contributed by atoms with E-state index in [1.165, 1.54) is 17.0 Å². The summed E-state index contributed by atoms with van der Waals surface area (Å²) >= 11 is 3.14. The molecule has 1 aliphatic heterocycles. The van der Waals surface area contributed by atoms with Crippen molar-refractivity contribution in [3.8, 4) is 0 Å². The van der Waals surface area contributed by atoms with E-state index in [1.54, 1.807) is 6.07 Å². The normalized spacial score (nSPS) is 18.7. The van der Waals surface area contributed by atoms with E-state index in [-0.39, 0.29) is 17.8 Å². The minimum atomic E-state index is -2.78. The predicted molar refractivity (Wildman–Crippen MR) is 67.2 cm³/mol. The number of piperidine rings is 1. The molecule has 1 heterocycles. The molecule has 0 atom stereocenters. The summed E-state index contributed by atoms with van der Waals surface area (Å²) in [5, 5.41) is 10.9. The van der Waals surface area contributed by atoms with Crippen molar-refractivity contribution in [1.82, 2.24) is 0 Å². The van der Waals surface area contributed by atoms with Crippen LogP contribution in [0, 0.1) is 10.1 Å². The average molecular weight is 321 g/mol. The van der Waals surface area contributed by atoms with Crippen LogP contribution in [0.25, 0.3) is 0 Å². The van der Waals surface area contributed by atoms with E-state index in [0.29, 0.717) is 17.4 Å². The maximum absolute atomic E-state index is 13.3. The Morgan fingerprint density at radius 2 is 2.17 bits per heavy atom. The van der Waals surface area contributed by atoms with Gasteiger partial charge in [0.2, 0.25) is 0 Å². The number of nitro benzene ring substituents is 1. The summed E-state index contributed by atoms with van der Waals surface area (Å²) in [6, 6.07) is 4.46. The third-order valence-electron chi connectivity index (χ3n) is 2.87. The summed E-state index contributed by atoms with van der Waals surface area (Å²) in [4.78, 5) is 11.8. The van der Waals surface area contributed by atoms with Crippen LogP contribution in [-0.4, -0.2) is 23.9 Å². The van der Waals surface area contributed by atoms with Gasteiger partial charge in [0.1, 0.15) is 5.69 Å². The highest BCUT2D eigenvalue weighted by molar-refractivity contribution is 9.10. The first-order valence-electron chi connectivity index (χ1n) is 5.46. The van der Waals surface area contributed by atoms with Gasteiger partial charge in [-0.1, -0.05) is 15.9 Å². The maximum atomic E-state index is 13.3. The number of halogens is 3. The van der Waals surface area contributed by atoms with Crippen LogP contribution in [0.15, 0.2) is 22.7 Å². The fourth-order valence-corrected chi connectivity index (χ4v) is 2.43. The SMILES string of the molecule is O=[N+]([O-])c1cc(Br)ccc1N1CCCC(F)(F)C1. The number of alkyl halides is 2. The second-order valence-corrected chi connectivity index (χ2v) is 5.19. The molecule has 0 unspecified atom stereocenters. The lowest BCUT2D eigenvalue weighted by molar-refractivity contribution is -0.384. The predicted octanol–water partition coefficient (Wildman–Crippen LogP) is 3.59. The summed E-state index contributed by atoms with van der Waals surface area (Å²) in [5.41, 5.74) is 0.102. The first-order chi connectivity index (χ1) is 8.39. The smallest absolute Gasteiger partial charge is 0.293 e. The zero-order valence-electron chi connectivity index (χ0n) is 9.41. The highest BCUT2D eigenvalue weighted by Crippen LogP contribution is 2.36. The van der Waals surface area contributed by atoms with Crippen LogP contribution in [0.3, 0.4) is 0 Å². The number of hydrogen-bond acceptors (Lipinski definition) is 3. The van der Waals surface area contributed by atoms with Crippen molar-refractivity contribution in [2.75, 3.05) is 18.0 Å². The molecule has 2 rings (SSSR count). The minimum absolute atomic E-state index is 0.151. The van der Waals surface area contributed by atoms with E-state index in [2.05, 4.69) is 15.9 Å². The monoisotopic (exact) mass is 320 g/mol. The molecule has 4 nitrogen and oxygen atoms in total. The number of hydrogen-bond donors (Lipinski definition) is 0. The molecule has 1 aromatic carbocycles. The number of benzene rings is 1. The molecule has 0 aromatic heterocycles. The molecule has 0 radical (unpaired) electrons. The van der Waals surface area contributed by atoms with Crippen molar-refractivity contribution in [1.29, 1.82) is 0 Å². The fraction of sp³-hybridized carbons (Fsp3) is 0.455. The maximum Gasteiger partial charge on any atom is 0.293 e. The number of anilines is 1. The molecule has 18 heavy (non-hydrogen) atoms. The van der Waals surface area contributed by atoms with Crippen LogP contribution < -0.4 is 4.90 Å². The molecule has 0 N–H and O–H groups in total. The number of nitrogens with zero attached hydrogens (tertiary/aromatic N) is 2. The molecule has 1 saturated heterocycles. The summed E-state index contributed by atoms with van der Waals surface area (Å²) in [5.74, 6) is -2.78. The summed E-state index contributed by atoms with van der Waals surface area (Å²) in [6.45, 7) is -0.0481. The molecule has 7 heteroatoms. The standard InChI is InChI=1S/C11H11BrF2N2O2/c12-8-2-3-9(10(6-8)16(17)18)15-5-1-4-11(13,14)7-15/h2-3,6H,1,4-5,7H2. The summed E-state index contributed by atoms with van der Waals surface area (Å²) in [7, 11) is 0. The van der Waals surface area contributed by atoms with Gasteiger partial charge in [-0.3, -0.25) is 10.1 Å². The Morgan fingerprint density at radius 3 is 2.78 bits per heavy atom. The molecule has 0 bridgehead atoms. The molecular weight excluding hydrogens is 310 g/mol. The molecule has 0 amide bonds. The first-order valence-corrected chi connectivity index (χ1v) is 6.25. The highest BCUT2D eigenvalue weighted by Gasteiger charge is 2.37. The van der Waals surface area contributed by atoms with Gasteiger partial charge in [-0.2, -0.15) is 0 Å². The Kier molecular flexibility index (Phi) is 3.52. The molecule has 1 aliphatic rings. The van der Waals surface area contributed by atoms with Gasteiger partial charge in [-0.05, 0) is 18.6 Å². The van der Waals surface area contributed by atoms with Crippen molar-refractivity contribution in [2.24, 2.45) is 0 Å². The van der Waals surface area contributed by atoms with Crippen LogP contribution in [0.5, 0.6) is 0 Å². The van der Waals surface area contributed by atoms with Gasteiger partial charge in [0.05, 0.1) is 11.5 Å². The van der Waals surface area contributed by atoms with Crippen molar-refractivity contribution < 1.29 is 13.7 Å². The van der Waals surface area contributed by atoms with Gasteiger partial charge in [0, 0.05) is 23.5 Å². The van der Waals surface area contributed by atoms with Crippen molar-refractivity contribution in [3.63, 3.8) is 0 Å². The Balaban J connectivity index is 2.35. The molecule has 0 saturated carbocycles. The Bertz CT molecular complexity index is 482. The molecular formula is C11H11BrF2N2O2. The van der Waals surface area contributed by atoms with Crippen molar-refractivity contribution >= 4 is 27.3 Å². The second kappa shape index (κ2) is 4.79. The van der Waals surface area contributed by atoms with Gasteiger partial charge < -0.3 is 4.90 Å². The largest absolute Gasteiger partial charge is 0.360 e. The van der Waals surface area contributed by atoms with Gasteiger partial charge in [-0.15, -0.1) is 0 Å². The van der Waals surface area contributed by atoms with E-state index >= 15 is 0 Å². The summed E-state index contributed by atoms with van der Waals surface area (Å²) < 4.78 is 27.2. The Morgan fingerprint density at radius 1 is 1.44 bits per heavy atom. The van der Waals surface area contributed by atoms with E-state index in [1.807, 2.05) is 0 Å². The fourth-order valence-electron chi connectivity index (χ4n) is 2.08. The lowest BCUT2D eigenvalue weighted by Crippen LogP contribution is -2.42. The third kappa shape index (κ3) is 2.77. The van der Waals surface area contributed by atoms with Gasteiger partial charge in [-0.25, -0.2) is 8.78 Å². The Labute approximate surface area is 111 Å². The molecule has 0 spiro atoms. The van der Waals surface area contributed by atoms with Crippen molar-refractivity contribution in [3.05, 3.63) is 32.8 Å². The zero-order chi connectivity index (χ0) is 13.3. The highest BCUT2D eigenvalue weighted by atomic mass is 79.9. The van der Waals surface area contributed by atoms with Crippen LogP contribution in [0.1, 0.15) is 12.8 Å². The topological polar surface area (TPSA) is 46.4 Å². The lowest BCUT2D eigenvalue weighted by atomic mass is 10.1. The van der Waals surface area contributed by atoms with Crippen molar-refractivity contribution in [2.45, 2.75) is 18.8 Å². The molecule has 1 fully saturated rings. The molecule has 0 aliphatic carbocycles.